The molecule has 92 valence electrons. The van der Waals surface area contributed by atoms with Crippen molar-refractivity contribution in [1.29, 1.82) is 0 Å². The van der Waals surface area contributed by atoms with E-state index < -0.39 is 16.1 Å². The van der Waals surface area contributed by atoms with Gasteiger partial charge in [0.1, 0.15) is 0 Å². The lowest BCUT2D eigenvalue weighted by Gasteiger charge is -2.19. The minimum Gasteiger partial charge on any atom is -0.395 e. The Morgan fingerprint density at radius 2 is 2.00 bits per heavy atom. The van der Waals surface area contributed by atoms with Gasteiger partial charge in [0.15, 0.2) is 0 Å². The third kappa shape index (κ3) is 6.83. The Bertz CT molecular complexity index is 251. The van der Waals surface area contributed by atoms with Gasteiger partial charge in [0.25, 0.3) is 0 Å². The van der Waals surface area contributed by atoms with E-state index in [-0.39, 0.29) is 18.3 Å². The number of aliphatic hydroxyl groups excluding tert-OH is 1. The van der Waals surface area contributed by atoms with Crippen molar-refractivity contribution in [2.45, 2.75) is 26.3 Å². The van der Waals surface area contributed by atoms with Crippen LogP contribution < -0.4 is 4.72 Å². The summed E-state index contributed by atoms with van der Waals surface area (Å²) in [6.45, 7) is 3.96. The predicted molar refractivity (Wildman–Crippen MR) is 59.1 cm³/mol. The summed E-state index contributed by atoms with van der Waals surface area (Å²) in [5.74, 6) is 0.108. The van der Waals surface area contributed by atoms with E-state index in [9.17, 15) is 8.42 Å². The molecule has 6 heteroatoms. The lowest BCUT2D eigenvalue weighted by Crippen LogP contribution is -2.42. The molecule has 0 aromatic rings. The van der Waals surface area contributed by atoms with Crippen LogP contribution in [0.25, 0.3) is 0 Å². The molecule has 0 aromatic heterocycles. The van der Waals surface area contributed by atoms with E-state index in [0.717, 1.165) is 0 Å². The molecule has 1 unspecified atom stereocenters. The Morgan fingerprint density at radius 3 is 2.40 bits per heavy atom. The SMILES string of the molecule is COCCCS(=O)(=O)NC(CO)C(C)C. The Morgan fingerprint density at radius 1 is 1.40 bits per heavy atom. The molecule has 0 aromatic carbocycles. The van der Waals surface area contributed by atoms with Gasteiger partial charge in [-0.1, -0.05) is 13.8 Å². The highest BCUT2D eigenvalue weighted by molar-refractivity contribution is 7.89. The molecule has 0 bridgehead atoms. The normalized spacial score (nSPS) is 14.5. The molecular formula is C9H21NO4S. The second kappa shape index (κ2) is 7.16. The summed E-state index contributed by atoms with van der Waals surface area (Å²) in [4.78, 5) is 0. The van der Waals surface area contributed by atoms with Crippen molar-refractivity contribution in [1.82, 2.24) is 4.72 Å². The number of methoxy groups -OCH3 is 1. The molecule has 2 N–H and O–H groups in total. The van der Waals surface area contributed by atoms with Gasteiger partial charge in [-0.2, -0.15) is 0 Å². The molecule has 0 aliphatic heterocycles. The van der Waals surface area contributed by atoms with E-state index in [4.69, 9.17) is 9.84 Å². The van der Waals surface area contributed by atoms with Gasteiger partial charge < -0.3 is 9.84 Å². The minimum atomic E-state index is -3.30. The maximum absolute atomic E-state index is 11.5. The summed E-state index contributed by atoms with van der Waals surface area (Å²) in [7, 11) is -1.77. The Labute approximate surface area is 91.9 Å². The van der Waals surface area contributed by atoms with E-state index in [2.05, 4.69) is 4.72 Å². The molecule has 0 amide bonds. The first kappa shape index (κ1) is 14.8. The van der Waals surface area contributed by atoms with Crippen LogP contribution in [-0.2, 0) is 14.8 Å². The first-order valence-corrected chi connectivity index (χ1v) is 6.68. The van der Waals surface area contributed by atoms with Crippen molar-refractivity contribution in [3.63, 3.8) is 0 Å². The molecule has 0 rings (SSSR count). The number of nitrogens with one attached hydrogen (secondary N) is 1. The minimum absolute atomic E-state index is 0.0318. The van der Waals surface area contributed by atoms with Gasteiger partial charge >= 0.3 is 0 Å². The molecular weight excluding hydrogens is 218 g/mol. The monoisotopic (exact) mass is 239 g/mol. The summed E-state index contributed by atoms with van der Waals surface area (Å²) in [6.07, 6.45) is 0.460. The molecule has 0 heterocycles. The van der Waals surface area contributed by atoms with E-state index in [0.29, 0.717) is 13.0 Å². The number of hydrogen-bond donors (Lipinski definition) is 2. The molecule has 0 saturated carbocycles. The number of hydrogen-bond acceptors (Lipinski definition) is 4. The maximum Gasteiger partial charge on any atom is 0.212 e. The van der Waals surface area contributed by atoms with E-state index in [1.54, 1.807) is 0 Å². The van der Waals surface area contributed by atoms with Crippen LogP contribution in [0.2, 0.25) is 0 Å². The molecule has 5 nitrogen and oxygen atoms in total. The van der Waals surface area contributed by atoms with Crippen LogP contribution in [0.15, 0.2) is 0 Å². The molecule has 1 atom stereocenters. The lowest BCUT2D eigenvalue weighted by atomic mass is 10.1. The average molecular weight is 239 g/mol. The van der Waals surface area contributed by atoms with Gasteiger partial charge in [-0.3, -0.25) is 0 Å². The van der Waals surface area contributed by atoms with E-state index in [1.807, 2.05) is 13.8 Å². The second-order valence-electron chi connectivity index (χ2n) is 3.82. The highest BCUT2D eigenvalue weighted by Gasteiger charge is 2.19. The van der Waals surface area contributed by atoms with Gasteiger partial charge in [0.05, 0.1) is 12.4 Å². The molecule has 0 fully saturated rings. The topological polar surface area (TPSA) is 75.6 Å². The van der Waals surface area contributed by atoms with Crippen LogP contribution in [0.3, 0.4) is 0 Å². The molecule has 0 spiro atoms. The van der Waals surface area contributed by atoms with Gasteiger partial charge in [0, 0.05) is 19.8 Å². The van der Waals surface area contributed by atoms with Crippen LogP contribution >= 0.6 is 0 Å². The summed E-state index contributed by atoms with van der Waals surface area (Å²) in [5.41, 5.74) is 0. The first-order chi connectivity index (χ1) is 6.93. The van der Waals surface area contributed by atoms with Crippen molar-refractivity contribution in [2.24, 2.45) is 5.92 Å². The molecule has 0 radical (unpaired) electrons. The van der Waals surface area contributed by atoms with E-state index in [1.165, 1.54) is 7.11 Å². The summed E-state index contributed by atoms with van der Waals surface area (Å²) in [5, 5.41) is 8.98. The van der Waals surface area contributed by atoms with Crippen molar-refractivity contribution in [2.75, 3.05) is 26.1 Å². The fraction of sp³-hybridized carbons (Fsp3) is 1.00. The van der Waals surface area contributed by atoms with Gasteiger partial charge in [0.2, 0.25) is 10.0 Å². The lowest BCUT2D eigenvalue weighted by molar-refractivity contribution is 0.199. The third-order valence-electron chi connectivity index (χ3n) is 2.09. The summed E-state index contributed by atoms with van der Waals surface area (Å²) in [6, 6.07) is -0.405. The van der Waals surface area contributed by atoms with Crippen molar-refractivity contribution < 1.29 is 18.3 Å². The fourth-order valence-corrected chi connectivity index (χ4v) is 2.49. The average Bonchev–Trinajstić information content (AvgIpc) is 2.14. The highest BCUT2D eigenvalue weighted by Crippen LogP contribution is 2.03. The fourth-order valence-electron chi connectivity index (χ4n) is 1.07. The third-order valence-corrected chi connectivity index (χ3v) is 3.58. The van der Waals surface area contributed by atoms with Gasteiger partial charge in [-0.25, -0.2) is 13.1 Å². The van der Waals surface area contributed by atoms with Crippen molar-refractivity contribution in [3.05, 3.63) is 0 Å². The van der Waals surface area contributed by atoms with Crippen LogP contribution in [-0.4, -0.2) is 45.6 Å². The maximum atomic E-state index is 11.5. The second-order valence-corrected chi connectivity index (χ2v) is 5.69. The van der Waals surface area contributed by atoms with Crippen LogP contribution in [0.5, 0.6) is 0 Å². The van der Waals surface area contributed by atoms with Crippen molar-refractivity contribution in [3.8, 4) is 0 Å². The molecule has 0 saturated heterocycles. The quantitative estimate of drug-likeness (QED) is 0.583. The van der Waals surface area contributed by atoms with E-state index >= 15 is 0 Å². The number of rotatable bonds is 8. The molecule has 0 aliphatic carbocycles. The van der Waals surface area contributed by atoms with Gasteiger partial charge in [-0.05, 0) is 12.3 Å². The van der Waals surface area contributed by atoms with Crippen LogP contribution in [0.1, 0.15) is 20.3 Å². The predicted octanol–water partition coefficient (Wildman–Crippen LogP) is -0.0408. The summed E-state index contributed by atoms with van der Waals surface area (Å²) < 4.78 is 30.2. The first-order valence-electron chi connectivity index (χ1n) is 5.02. The Balaban J connectivity index is 4.11. The smallest absolute Gasteiger partial charge is 0.212 e. The van der Waals surface area contributed by atoms with Crippen LogP contribution in [0, 0.1) is 5.92 Å². The number of sulfonamides is 1. The molecule has 15 heavy (non-hydrogen) atoms. The zero-order valence-corrected chi connectivity index (χ0v) is 10.4. The highest BCUT2D eigenvalue weighted by atomic mass is 32.2. The largest absolute Gasteiger partial charge is 0.395 e. The number of aliphatic hydroxyl groups is 1. The molecule has 0 aliphatic rings. The zero-order valence-electron chi connectivity index (χ0n) is 9.56. The van der Waals surface area contributed by atoms with Gasteiger partial charge in [-0.15, -0.1) is 0 Å². The number of ether oxygens (including phenoxy) is 1. The van der Waals surface area contributed by atoms with Crippen LogP contribution in [0.4, 0.5) is 0 Å². The standard InChI is InChI=1S/C9H21NO4S/c1-8(2)9(7-11)10-15(12,13)6-4-5-14-3/h8-11H,4-7H2,1-3H3. The Hall–Kier alpha value is -0.170. The summed E-state index contributed by atoms with van der Waals surface area (Å²) >= 11 is 0. The van der Waals surface area contributed by atoms with Crippen molar-refractivity contribution >= 4 is 10.0 Å². The Kier molecular flexibility index (Phi) is 7.08. The zero-order chi connectivity index (χ0) is 11.9.